The fourth-order valence-corrected chi connectivity index (χ4v) is 2.18. The average Bonchev–Trinajstić information content (AvgIpc) is 2.53. The average molecular weight is 295 g/mol. The van der Waals surface area contributed by atoms with Crippen molar-refractivity contribution in [2.75, 3.05) is 46.3 Å². The summed E-state index contributed by atoms with van der Waals surface area (Å²) in [5, 5.41) is 12.9. The summed E-state index contributed by atoms with van der Waals surface area (Å²) in [6.07, 6.45) is -0.164. The molecule has 2 aliphatic heterocycles. The minimum atomic E-state index is -0.164. The zero-order chi connectivity index (χ0) is 9.26. The number of piperazine rings is 1. The molecule has 0 aromatic carbocycles. The van der Waals surface area contributed by atoms with E-state index in [2.05, 4.69) is 22.2 Å². The lowest BCUT2D eigenvalue weighted by Crippen LogP contribution is -2.52. The molecule has 2 atom stereocenters. The SMILES string of the molecule is CN1CCN([C@H]2CNC[C@@H]2O)CC1.Cl.Cl.Cl. The molecule has 0 aliphatic carbocycles. The zero-order valence-corrected chi connectivity index (χ0v) is 11.9. The fraction of sp³-hybridized carbons (Fsp3) is 1.00. The quantitative estimate of drug-likeness (QED) is 0.704. The largest absolute Gasteiger partial charge is 0.390 e. The molecule has 0 amide bonds. The van der Waals surface area contributed by atoms with Crippen LogP contribution in [0.15, 0.2) is 0 Å². The molecule has 2 N–H and O–H groups in total. The molecule has 0 saturated carbocycles. The first-order valence-corrected chi connectivity index (χ1v) is 5.09. The summed E-state index contributed by atoms with van der Waals surface area (Å²) in [5.74, 6) is 0. The van der Waals surface area contributed by atoms with Gasteiger partial charge in [-0.3, -0.25) is 4.90 Å². The molecule has 0 spiro atoms. The minimum Gasteiger partial charge on any atom is -0.390 e. The second-order valence-electron chi connectivity index (χ2n) is 4.13. The molecule has 0 unspecified atom stereocenters. The van der Waals surface area contributed by atoms with E-state index in [0.29, 0.717) is 6.04 Å². The van der Waals surface area contributed by atoms with Gasteiger partial charge < -0.3 is 15.3 Å². The van der Waals surface area contributed by atoms with Crippen LogP contribution in [-0.2, 0) is 0 Å². The molecule has 2 aliphatic rings. The van der Waals surface area contributed by atoms with Crippen molar-refractivity contribution < 1.29 is 5.11 Å². The minimum absolute atomic E-state index is 0. The van der Waals surface area contributed by atoms with E-state index in [9.17, 15) is 5.11 Å². The molecule has 2 heterocycles. The highest BCUT2D eigenvalue weighted by Gasteiger charge is 2.31. The molecule has 7 heteroatoms. The third-order valence-electron chi connectivity index (χ3n) is 3.16. The van der Waals surface area contributed by atoms with Crippen molar-refractivity contribution in [3.8, 4) is 0 Å². The van der Waals surface area contributed by atoms with Crippen LogP contribution in [0.1, 0.15) is 0 Å². The first-order chi connectivity index (χ1) is 6.27. The van der Waals surface area contributed by atoms with Crippen LogP contribution in [0, 0.1) is 0 Å². The highest BCUT2D eigenvalue weighted by molar-refractivity contribution is 5.86. The Morgan fingerprint density at radius 3 is 2.00 bits per heavy atom. The van der Waals surface area contributed by atoms with Crippen LogP contribution in [0.25, 0.3) is 0 Å². The number of aliphatic hydroxyl groups excluding tert-OH is 1. The predicted molar refractivity (Wildman–Crippen MR) is 73.5 cm³/mol. The van der Waals surface area contributed by atoms with Crippen LogP contribution in [0.4, 0.5) is 0 Å². The molecular formula is C9H22Cl3N3O. The van der Waals surface area contributed by atoms with Crippen LogP contribution in [0.5, 0.6) is 0 Å². The molecule has 2 fully saturated rings. The number of β-amino-alcohol motifs (C(OH)–C–C–N with tert-alkyl or cyclic N) is 1. The van der Waals surface area contributed by atoms with E-state index in [0.717, 1.165) is 39.3 Å². The molecule has 0 aromatic heterocycles. The van der Waals surface area contributed by atoms with Gasteiger partial charge in [0.1, 0.15) is 0 Å². The maximum Gasteiger partial charge on any atom is 0.0831 e. The fourth-order valence-electron chi connectivity index (χ4n) is 2.18. The molecule has 2 saturated heterocycles. The third kappa shape index (κ3) is 4.53. The Labute approximate surface area is 116 Å². The van der Waals surface area contributed by atoms with Crippen LogP contribution in [0.2, 0.25) is 0 Å². The number of hydrogen-bond acceptors (Lipinski definition) is 4. The number of nitrogens with zero attached hydrogens (tertiary/aromatic N) is 2. The smallest absolute Gasteiger partial charge is 0.0831 e. The van der Waals surface area contributed by atoms with Gasteiger partial charge in [0.2, 0.25) is 0 Å². The van der Waals surface area contributed by atoms with Crippen molar-refractivity contribution in [2.24, 2.45) is 0 Å². The van der Waals surface area contributed by atoms with Crippen LogP contribution in [-0.4, -0.2) is 73.4 Å². The van der Waals surface area contributed by atoms with Crippen molar-refractivity contribution in [3.05, 3.63) is 0 Å². The van der Waals surface area contributed by atoms with E-state index in [1.165, 1.54) is 0 Å². The molecule has 16 heavy (non-hydrogen) atoms. The van der Waals surface area contributed by atoms with Crippen molar-refractivity contribution in [1.82, 2.24) is 15.1 Å². The van der Waals surface area contributed by atoms with Gasteiger partial charge in [0.05, 0.1) is 6.10 Å². The van der Waals surface area contributed by atoms with Gasteiger partial charge in [-0.05, 0) is 7.05 Å². The topological polar surface area (TPSA) is 38.7 Å². The normalized spacial score (nSPS) is 31.1. The van der Waals surface area contributed by atoms with Gasteiger partial charge in [-0.15, -0.1) is 37.2 Å². The molecule has 0 radical (unpaired) electrons. The Kier molecular flexibility index (Phi) is 10.4. The van der Waals surface area contributed by atoms with Gasteiger partial charge in [-0.25, -0.2) is 0 Å². The van der Waals surface area contributed by atoms with Crippen molar-refractivity contribution in [1.29, 1.82) is 0 Å². The molecule has 100 valence electrons. The summed E-state index contributed by atoms with van der Waals surface area (Å²) in [4.78, 5) is 4.75. The number of nitrogens with one attached hydrogen (secondary N) is 1. The number of rotatable bonds is 1. The predicted octanol–water partition coefficient (Wildman–Crippen LogP) is -0.168. The van der Waals surface area contributed by atoms with Crippen LogP contribution >= 0.6 is 37.2 Å². The number of halogens is 3. The molecule has 0 aromatic rings. The van der Waals surface area contributed by atoms with E-state index >= 15 is 0 Å². The lowest BCUT2D eigenvalue weighted by Gasteiger charge is -2.37. The van der Waals surface area contributed by atoms with E-state index in [4.69, 9.17) is 0 Å². The van der Waals surface area contributed by atoms with Gasteiger partial charge in [0.15, 0.2) is 0 Å². The molecule has 2 rings (SSSR count). The first-order valence-electron chi connectivity index (χ1n) is 5.09. The number of likely N-dealkylation sites (N-methyl/N-ethyl adjacent to an activating group) is 1. The summed E-state index contributed by atoms with van der Waals surface area (Å²) < 4.78 is 0. The second-order valence-corrected chi connectivity index (χ2v) is 4.13. The lowest BCUT2D eigenvalue weighted by molar-refractivity contribution is 0.0512. The van der Waals surface area contributed by atoms with E-state index < -0.39 is 0 Å². The standard InChI is InChI=1S/C9H19N3O.3ClH/c1-11-2-4-12(5-3-11)8-6-10-7-9(8)13;;;/h8-10,13H,2-7H2,1H3;3*1H/t8-,9-;;;/m0.../s1. The third-order valence-corrected chi connectivity index (χ3v) is 3.16. The highest BCUT2D eigenvalue weighted by atomic mass is 35.5. The summed E-state index contributed by atoms with van der Waals surface area (Å²) >= 11 is 0. The number of hydrogen-bond donors (Lipinski definition) is 2. The first kappa shape index (κ1) is 19.1. The zero-order valence-electron chi connectivity index (χ0n) is 9.46. The summed E-state index contributed by atoms with van der Waals surface area (Å²) in [7, 11) is 2.15. The monoisotopic (exact) mass is 293 g/mol. The van der Waals surface area contributed by atoms with E-state index in [1.807, 2.05) is 0 Å². The Balaban J connectivity index is 0. The number of aliphatic hydroxyl groups is 1. The highest BCUT2D eigenvalue weighted by Crippen LogP contribution is 2.11. The summed E-state index contributed by atoms with van der Waals surface area (Å²) in [6.45, 7) is 6.16. The Morgan fingerprint density at radius 1 is 1.00 bits per heavy atom. The van der Waals surface area contributed by atoms with Crippen LogP contribution < -0.4 is 5.32 Å². The summed E-state index contributed by atoms with van der Waals surface area (Å²) in [6, 6.07) is 0.355. The van der Waals surface area contributed by atoms with Crippen LogP contribution in [0.3, 0.4) is 0 Å². The maximum absolute atomic E-state index is 9.69. The Bertz CT molecular complexity index is 179. The maximum atomic E-state index is 9.69. The lowest BCUT2D eigenvalue weighted by atomic mass is 10.1. The Morgan fingerprint density at radius 2 is 1.56 bits per heavy atom. The van der Waals surface area contributed by atoms with Gasteiger partial charge in [0, 0.05) is 45.3 Å². The van der Waals surface area contributed by atoms with E-state index in [-0.39, 0.29) is 43.3 Å². The molecule has 4 nitrogen and oxygen atoms in total. The van der Waals surface area contributed by atoms with Gasteiger partial charge in [0.25, 0.3) is 0 Å². The molecule has 0 bridgehead atoms. The van der Waals surface area contributed by atoms with Crippen molar-refractivity contribution in [3.63, 3.8) is 0 Å². The van der Waals surface area contributed by atoms with Gasteiger partial charge in [-0.1, -0.05) is 0 Å². The van der Waals surface area contributed by atoms with Gasteiger partial charge in [-0.2, -0.15) is 0 Å². The van der Waals surface area contributed by atoms with Gasteiger partial charge >= 0.3 is 0 Å². The van der Waals surface area contributed by atoms with Crippen molar-refractivity contribution in [2.45, 2.75) is 12.1 Å². The summed E-state index contributed by atoms with van der Waals surface area (Å²) in [5.41, 5.74) is 0. The van der Waals surface area contributed by atoms with Crippen molar-refractivity contribution >= 4 is 37.2 Å². The molecular weight excluding hydrogens is 272 g/mol. The second kappa shape index (κ2) is 8.75. The van der Waals surface area contributed by atoms with E-state index in [1.54, 1.807) is 0 Å². The Hall–Kier alpha value is 0.710.